The van der Waals surface area contributed by atoms with Crippen LogP contribution in [0.4, 0.5) is 32.0 Å². The van der Waals surface area contributed by atoms with E-state index in [0.29, 0.717) is 25.0 Å². The molecule has 0 bridgehead atoms. The lowest BCUT2D eigenvalue weighted by molar-refractivity contribution is -0.145. The Morgan fingerprint density at radius 2 is 1.70 bits per heavy atom. The summed E-state index contributed by atoms with van der Waals surface area (Å²) in [5.74, 6) is -3.04. The first kappa shape index (κ1) is 24.7. The number of rotatable bonds is 5. The Balaban J connectivity index is 2.10. The van der Waals surface area contributed by atoms with Crippen molar-refractivity contribution < 1.29 is 45.7 Å². The Hall–Kier alpha value is -2.95. The minimum absolute atomic E-state index is 0.170. The maximum atomic E-state index is 13.8. The van der Waals surface area contributed by atoms with Gasteiger partial charge in [-0.25, -0.2) is 0 Å². The molecule has 1 aliphatic rings. The maximum Gasteiger partial charge on any atom is 0.420 e. The predicted molar refractivity (Wildman–Crippen MR) is 106 cm³/mol. The van der Waals surface area contributed by atoms with Crippen molar-refractivity contribution >= 4 is 11.6 Å². The largest absolute Gasteiger partial charge is 0.508 e. The predicted octanol–water partition coefficient (Wildman–Crippen LogP) is 6.46. The van der Waals surface area contributed by atoms with Crippen LogP contribution in [0.1, 0.15) is 49.3 Å². The van der Waals surface area contributed by atoms with Crippen LogP contribution in [0.25, 0.3) is 0 Å². The molecular weight excluding hydrogens is 456 g/mol. The molecule has 0 radical (unpaired) electrons. The van der Waals surface area contributed by atoms with E-state index in [1.54, 1.807) is 13.8 Å². The number of phenolic OH excluding ortho intramolecular Hbond substituents is 1. The fourth-order valence-corrected chi connectivity index (χ4v) is 3.42. The SMILES string of the molecule is CC(C)c1cc(Oc2c(C(F)(F)F)cc(NC(=O)C3CCCO3)cc2C(F)(F)F)ccc1O. The summed E-state index contributed by atoms with van der Waals surface area (Å²) >= 11 is 0. The van der Waals surface area contributed by atoms with Crippen molar-refractivity contribution in [1.29, 1.82) is 0 Å². The average Bonchev–Trinajstić information content (AvgIpc) is 3.23. The standard InChI is InChI=1S/C22H21F6NO4/c1-11(2)14-10-13(5-6-17(14)30)33-19-15(21(23,24)25)8-12(9-16(19)22(26,27)28)29-20(31)18-4-3-7-32-18/h5-6,8-11,18,30H,3-4,7H2,1-2H3,(H,29,31). The van der Waals surface area contributed by atoms with Gasteiger partial charge >= 0.3 is 12.4 Å². The van der Waals surface area contributed by atoms with E-state index >= 15 is 0 Å². The fourth-order valence-electron chi connectivity index (χ4n) is 3.42. The summed E-state index contributed by atoms with van der Waals surface area (Å²) in [4.78, 5) is 12.2. The van der Waals surface area contributed by atoms with Crippen LogP contribution in [-0.2, 0) is 21.9 Å². The molecule has 3 rings (SSSR count). The lowest BCUT2D eigenvalue weighted by atomic mass is 10.0. The third kappa shape index (κ3) is 5.70. The van der Waals surface area contributed by atoms with Gasteiger partial charge in [0.2, 0.25) is 0 Å². The Morgan fingerprint density at radius 3 is 2.18 bits per heavy atom. The Bertz CT molecular complexity index is 992. The normalized spacial score (nSPS) is 16.8. The van der Waals surface area contributed by atoms with Crippen LogP contribution in [0.2, 0.25) is 0 Å². The van der Waals surface area contributed by atoms with Crippen LogP contribution < -0.4 is 10.1 Å². The second-order valence-electron chi connectivity index (χ2n) is 7.86. The van der Waals surface area contributed by atoms with Crippen molar-refractivity contribution in [2.45, 2.75) is 51.1 Å². The van der Waals surface area contributed by atoms with Gasteiger partial charge in [0.1, 0.15) is 28.7 Å². The van der Waals surface area contributed by atoms with Gasteiger partial charge in [-0.3, -0.25) is 4.79 Å². The zero-order valence-corrected chi connectivity index (χ0v) is 17.6. The van der Waals surface area contributed by atoms with Crippen LogP contribution in [0, 0.1) is 0 Å². The molecule has 0 saturated carbocycles. The Kier molecular flexibility index (Phi) is 6.83. The number of hydrogen-bond donors (Lipinski definition) is 2. The first-order valence-corrected chi connectivity index (χ1v) is 10.0. The molecule has 2 aromatic rings. The third-order valence-corrected chi connectivity index (χ3v) is 5.03. The summed E-state index contributed by atoms with van der Waals surface area (Å²) in [7, 11) is 0. The molecule has 5 nitrogen and oxygen atoms in total. The van der Waals surface area contributed by atoms with Crippen LogP contribution in [-0.4, -0.2) is 23.7 Å². The zero-order valence-electron chi connectivity index (χ0n) is 17.6. The van der Waals surface area contributed by atoms with E-state index in [4.69, 9.17) is 9.47 Å². The summed E-state index contributed by atoms with van der Waals surface area (Å²) in [6, 6.07) is 4.14. The number of carbonyl (C=O) groups is 1. The number of aromatic hydroxyl groups is 1. The number of amides is 1. The zero-order chi connectivity index (χ0) is 24.6. The number of ether oxygens (including phenoxy) is 2. The van der Waals surface area contributed by atoms with E-state index in [-0.39, 0.29) is 29.6 Å². The summed E-state index contributed by atoms with van der Waals surface area (Å²) < 4.78 is 92.9. The van der Waals surface area contributed by atoms with Crippen molar-refractivity contribution in [2.24, 2.45) is 0 Å². The van der Waals surface area contributed by atoms with Crippen molar-refractivity contribution in [3.05, 3.63) is 47.0 Å². The molecule has 0 aliphatic carbocycles. The number of halogens is 6. The highest BCUT2D eigenvalue weighted by Gasteiger charge is 2.43. The van der Waals surface area contributed by atoms with Gasteiger partial charge in [-0.2, -0.15) is 26.3 Å². The van der Waals surface area contributed by atoms with Crippen LogP contribution >= 0.6 is 0 Å². The van der Waals surface area contributed by atoms with Crippen LogP contribution in [0.5, 0.6) is 17.2 Å². The second-order valence-corrected chi connectivity index (χ2v) is 7.86. The third-order valence-electron chi connectivity index (χ3n) is 5.03. The first-order chi connectivity index (χ1) is 15.3. The molecule has 11 heteroatoms. The summed E-state index contributed by atoms with van der Waals surface area (Å²) in [5, 5.41) is 12.0. The number of hydrogen-bond acceptors (Lipinski definition) is 4. The number of phenols is 1. The van der Waals surface area contributed by atoms with E-state index in [0.717, 1.165) is 12.1 Å². The topological polar surface area (TPSA) is 67.8 Å². The Morgan fingerprint density at radius 1 is 1.09 bits per heavy atom. The van der Waals surface area contributed by atoms with Crippen LogP contribution in [0.15, 0.2) is 30.3 Å². The highest BCUT2D eigenvalue weighted by Crippen LogP contribution is 2.48. The monoisotopic (exact) mass is 477 g/mol. The minimum atomic E-state index is -5.22. The van der Waals surface area contributed by atoms with Crippen molar-refractivity contribution in [3.8, 4) is 17.2 Å². The number of benzene rings is 2. The molecule has 1 atom stereocenters. The molecule has 2 N–H and O–H groups in total. The van der Waals surface area contributed by atoms with E-state index in [9.17, 15) is 36.2 Å². The molecular formula is C22H21F6NO4. The molecule has 0 spiro atoms. The number of alkyl halides is 6. The molecule has 33 heavy (non-hydrogen) atoms. The smallest absolute Gasteiger partial charge is 0.420 e. The molecule has 1 aliphatic heterocycles. The van der Waals surface area contributed by atoms with Crippen molar-refractivity contribution in [1.82, 2.24) is 0 Å². The van der Waals surface area contributed by atoms with E-state index in [1.165, 1.54) is 6.07 Å². The minimum Gasteiger partial charge on any atom is -0.508 e. The first-order valence-electron chi connectivity index (χ1n) is 10.0. The molecule has 1 saturated heterocycles. The Labute approximate surface area is 185 Å². The fraction of sp³-hybridized carbons (Fsp3) is 0.409. The lowest BCUT2D eigenvalue weighted by Crippen LogP contribution is -2.27. The summed E-state index contributed by atoms with van der Waals surface area (Å²) in [6.07, 6.45) is -10.5. The lowest BCUT2D eigenvalue weighted by Gasteiger charge is -2.22. The van der Waals surface area contributed by atoms with E-state index in [2.05, 4.69) is 5.32 Å². The van der Waals surface area contributed by atoms with Gasteiger partial charge in [0.25, 0.3) is 5.91 Å². The van der Waals surface area contributed by atoms with E-state index in [1.807, 2.05) is 0 Å². The molecule has 1 unspecified atom stereocenters. The molecule has 1 fully saturated rings. The summed E-state index contributed by atoms with van der Waals surface area (Å²) in [6.45, 7) is 3.65. The van der Waals surface area contributed by atoms with Gasteiger partial charge in [-0.1, -0.05) is 13.8 Å². The van der Waals surface area contributed by atoms with Gasteiger partial charge < -0.3 is 19.9 Å². The van der Waals surface area contributed by atoms with Crippen molar-refractivity contribution in [2.75, 3.05) is 11.9 Å². The second kappa shape index (κ2) is 9.12. The maximum absolute atomic E-state index is 13.8. The molecule has 1 heterocycles. The average molecular weight is 477 g/mol. The summed E-state index contributed by atoms with van der Waals surface area (Å²) in [5.41, 5.74) is -3.82. The number of anilines is 1. The number of nitrogens with one attached hydrogen (secondary N) is 1. The quantitative estimate of drug-likeness (QED) is 0.485. The number of carbonyl (C=O) groups excluding carboxylic acids is 1. The van der Waals surface area contributed by atoms with E-state index < -0.39 is 46.9 Å². The van der Waals surface area contributed by atoms with Crippen molar-refractivity contribution in [3.63, 3.8) is 0 Å². The molecule has 0 aromatic heterocycles. The molecule has 180 valence electrons. The van der Waals surface area contributed by atoms with Gasteiger partial charge in [-0.05, 0) is 49.1 Å². The van der Waals surface area contributed by atoms with Gasteiger partial charge in [0, 0.05) is 17.9 Å². The van der Waals surface area contributed by atoms with Gasteiger partial charge in [0.15, 0.2) is 5.75 Å². The van der Waals surface area contributed by atoms with Crippen LogP contribution in [0.3, 0.4) is 0 Å². The molecule has 2 aromatic carbocycles. The van der Waals surface area contributed by atoms with Gasteiger partial charge in [-0.15, -0.1) is 0 Å². The highest BCUT2D eigenvalue weighted by molar-refractivity contribution is 5.94. The van der Waals surface area contributed by atoms with Gasteiger partial charge in [0.05, 0.1) is 0 Å². The molecule has 1 amide bonds. The highest BCUT2D eigenvalue weighted by atomic mass is 19.4.